The van der Waals surface area contributed by atoms with E-state index in [4.69, 9.17) is 0 Å². The van der Waals surface area contributed by atoms with Gasteiger partial charge in [-0.2, -0.15) is 5.10 Å². The van der Waals surface area contributed by atoms with Crippen LogP contribution in [0.3, 0.4) is 0 Å². The number of hydrazone groups is 1. The molecule has 0 saturated carbocycles. The minimum atomic E-state index is -0.146. The van der Waals surface area contributed by atoms with Crippen LogP contribution in [0.1, 0.15) is 25.0 Å². The van der Waals surface area contributed by atoms with Crippen molar-refractivity contribution in [2.45, 2.75) is 27.7 Å². The maximum Gasteiger partial charge on any atom is 0.259 e. The minimum Gasteiger partial charge on any atom is -0.376 e. The van der Waals surface area contributed by atoms with Crippen LogP contribution in [0.25, 0.3) is 0 Å². The molecule has 0 unspecified atom stereocenters. The first-order chi connectivity index (χ1) is 8.49. The minimum absolute atomic E-state index is 0.146. The number of nitrogens with zero attached hydrogens (tertiary/aromatic N) is 1. The van der Waals surface area contributed by atoms with Crippen LogP contribution in [0.2, 0.25) is 0 Å². The quantitative estimate of drug-likeness (QED) is 0.620. The van der Waals surface area contributed by atoms with Crippen molar-refractivity contribution in [1.82, 2.24) is 5.43 Å². The highest BCUT2D eigenvalue weighted by Gasteiger charge is 2.02. The first-order valence-electron chi connectivity index (χ1n) is 6.12. The number of aryl methyl sites for hydroxylation is 2. The molecular weight excluding hydrogens is 226 g/mol. The van der Waals surface area contributed by atoms with E-state index in [1.807, 2.05) is 39.8 Å². The van der Waals surface area contributed by atoms with E-state index in [0.29, 0.717) is 5.92 Å². The highest BCUT2D eigenvalue weighted by atomic mass is 16.2. The summed E-state index contributed by atoms with van der Waals surface area (Å²) in [5.41, 5.74) is 5.80. The van der Waals surface area contributed by atoms with Crippen LogP contribution in [0.4, 0.5) is 5.69 Å². The molecule has 2 N–H and O–H groups in total. The highest BCUT2D eigenvalue weighted by molar-refractivity contribution is 5.81. The second kappa shape index (κ2) is 6.79. The summed E-state index contributed by atoms with van der Waals surface area (Å²) in [6.45, 7) is 8.29. The Morgan fingerprint density at radius 3 is 2.72 bits per heavy atom. The Hall–Kier alpha value is -1.84. The van der Waals surface area contributed by atoms with Gasteiger partial charge in [0.25, 0.3) is 5.91 Å². The fourth-order valence-electron chi connectivity index (χ4n) is 1.49. The molecule has 0 atom stereocenters. The van der Waals surface area contributed by atoms with E-state index in [2.05, 4.69) is 21.9 Å². The summed E-state index contributed by atoms with van der Waals surface area (Å²) in [5.74, 6) is 0.185. The van der Waals surface area contributed by atoms with Gasteiger partial charge in [-0.05, 0) is 31.4 Å². The number of nitrogens with one attached hydrogen (secondary N) is 2. The molecule has 0 heterocycles. The van der Waals surface area contributed by atoms with Gasteiger partial charge in [0.2, 0.25) is 0 Å². The van der Waals surface area contributed by atoms with Gasteiger partial charge in [0, 0.05) is 11.9 Å². The Balaban J connectivity index is 2.43. The standard InChI is InChI=1S/C14H21N3O/c1-10(2)8-16-17-14(18)9-15-13-6-5-11(3)7-12(13)4/h5-8,10,15H,9H2,1-4H3,(H,17,18). The molecule has 4 nitrogen and oxygen atoms in total. The molecule has 0 aromatic heterocycles. The topological polar surface area (TPSA) is 53.5 Å². The van der Waals surface area contributed by atoms with Gasteiger partial charge >= 0.3 is 0 Å². The maximum absolute atomic E-state index is 11.5. The number of anilines is 1. The zero-order valence-electron chi connectivity index (χ0n) is 11.4. The van der Waals surface area contributed by atoms with Gasteiger partial charge in [-0.3, -0.25) is 4.79 Å². The summed E-state index contributed by atoms with van der Waals surface area (Å²) in [4.78, 5) is 11.5. The summed E-state index contributed by atoms with van der Waals surface area (Å²) in [6, 6.07) is 6.08. The van der Waals surface area contributed by atoms with E-state index in [1.54, 1.807) is 6.21 Å². The highest BCUT2D eigenvalue weighted by Crippen LogP contribution is 2.15. The van der Waals surface area contributed by atoms with Crippen molar-refractivity contribution in [3.05, 3.63) is 29.3 Å². The molecular formula is C14H21N3O. The molecule has 0 aliphatic rings. The fourth-order valence-corrected chi connectivity index (χ4v) is 1.49. The molecule has 0 fully saturated rings. The third-order valence-corrected chi connectivity index (χ3v) is 2.38. The van der Waals surface area contributed by atoms with Crippen LogP contribution in [0.15, 0.2) is 23.3 Å². The van der Waals surface area contributed by atoms with Gasteiger partial charge < -0.3 is 5.32 Å². The van der Waals surface area contributed by atoms with Gasteiger partial charge in [-0.15, -0.1) is 0 Å². The molecule has 0 radical (unpaired) electrons. The molecule has 1 amide bonds. The fraction of sp³-hybridized carbons (Fsp3) is 0.429. The molecule has 0 aliphatic carbocycles. The average molecular weight is 247 g/mol. The first-order valence-corrected chi connectivity index (χ1v) is 6.12. The zero-order valence-corrected chi connectivity index (χ0v) is 11.4. The lowest BCUT2D eigenvalue weighted by Crippen LogP contribution is -2.26. The predicted molar refractivity (Wildman–Crippen MR) is 75.9 cm³/mol. The third kappa shape index (κ3) is 4.99. The van der Waals surface area contributed by atoms with Gasteiger partial charge in [0.15, 0.2) is 0 Å². The molecule has 98 valence electrons. The lowest BCUT2D eigenvalue weighted by Gasteiger charge is -2.09. The summed E-state index contributed by atoms with van der Waals surface area (Å²) in [5, 5.41) is 6.95. The van der Waals surface area contributed by atoms with E-state index >= 15 is 0 Å². The number of carbonyl (C=O) groups is 1. The van der Waals surface area contributed by atoms with Gasteiger partial charge in [0.1, 0.15) is 0 Å². The summed E-state index contributed by atoms with van der Waals surface area (Å²) < 4.78 is 0. The molecule has 0 saturated heterocycles. The lowest BCUT2D eigenvalue weighted by molar-refractivity contribution is -0.119. The second-order valence-corrected chi connectivity index (χ2v) is 4.73. The Morgan fingerprint density at radius 2 is 2.11 bits per heavy atom. The van der Waals surface area contributed by atoms with E-state index in [-0.39, 0.29) is 12.5 Å². The molecule has 4 heteroatoms. The Bertz CT molecular complexity index is 439. The van der Waals surface area contributed by atoms with E-state index in [1.165, 1.54) is 5.56 Å². The smallest absolute Gasteiger partial charge is 0.259 e. The largest absolute Gasteiger partial charge is 0.376 e. The van der Waals surface area contributed by atoms with Crippen molar-refractivity contribution in [3.8, 4) is 0 Å². The number of amides is 1. The van der Waals surface area contributed by atoms with Gasteiger partial charge in [-0.25, -0.2) is 5.43 Å². The van der Waals surface area contributed by atoms with Crippen molar-refractivity contribution in [1.29, 1.82) is 0 Å². The number of hydrogen-bond acceptors (Lipinski definition) is 3. The van der Waals surface area contributed by atoms with Crippen LogP contribution in [0.5, 0.6) is 0 Å². The van der Waals surface area contributed by atoms with Crippen LogP contribution < -0.4 is 10.7 Å². The summed E-state index contributed by atoms with van der Waals surface area (Å²) >= 11 is 0. The first kappa shape index (κ1) is 14.2. The Labute approximate surface area is 108 Å². The van der Waals surface area contributed by atoms with Crippen molar-refractivity contribution in [2.75, 3.05) is 11.9 Å². The average Bonchev–Trinajstić information content (AvgIpc) is 2.27. The number of benzene rings is 1. The lowest BCUT2D eigenvalue weighted by atomic mass is 10.1. The Kier molecular flexibility index (Phi) is 5.36. The van der Waals surface area contributed by atoms with Crippen molar-refractivity contribution >= 4 is 17.8 Å². The molecule has 1 rings (SSSR count). The number of hydrogen-bond donors (Lipinski definition) is 2. The van der Waals surface area contributed by atoms with Crippen LogP contribution in [0, 0.1) is 19.8 Å². The SMILES string of the molecule is Cc1ccc(NCC(=O)NN=CC(C)C)c(C)c1. The van der Waals surface area contributed by atoms with Gasteiger partial charge in [0.05, 0.1) is 6.54 Å². The van der Waals surface area contributed by atoms with E-state index in [0.717, 1.165) is 11.3 Å². The molecule has 0 aliphatic heterocycles. The summed E-state index contributed by atoms with van der Waals surface area (Å²) in [7, 11) is 0. The van der Waals surface area contributed by atoms with E-state index < -0.39 is 0 Å². The Morgan fingerprint density at radius 1 is 1.39 bits per heavy atom. The maximum atomic E-state index is 11.5. The number of rotatable bonds is 5. The molecule has 1 aromatic carbocycles. The van der Waals surface area contributed by atoms with Crippen molar-refractivity contribution in [2.24, 2.45) is 11.0 Å². The molecule has 18 heavy (non-hydrogen) atoms. The molecule has 0 bridgehead atoms. The molecule has 1 aromatic rings. The second-order valence-electron chi connectivity index (χ2n) is 4.73. The third-order valence-electron chi connectivity index (χ3n) is 2.38. The van der Waals surface area contributed by atoms with Crippen molar-refractivity contribution < 1.29 is 4.79 Å². The monoisotopic (exact) mass is 247 g/mol. The van der Waals surface area contributed by atoms with Crippen LogP contribution in [-0.2, 0) is 4.79 Å². The number of carbonyl (C=O) groups excluding carboxylic acids is 1. The zero-order chi connectivity index (χ0) is 13.5. The molecule has 0 spiro atoms. The van der Waals surface area contributed by atoms with Crippen LogP contribution in [-0.4, -0.2) is 18.7 Å². The van der Waals surface area contributed by atoms with Gasteiger partial charge in [-0.1, -0.05) is 31.5 Å². The van der Waals surface area contributed by atoms with Crippen LogP contribution >= 0.6 is 0 Å². The van der Waals surface area contributed by atoms with Crippen molar-refractivity contribution in [3.63, 3.8) is 0 Å². The summed E-state index contributed by atoms with van der Waals surface area (Å²) in [6.07, 6.45) is 1.70. The van der Waals surface area contributed by atoms with E-state index in [9.17, 15) is 4.79 Å². The predicted octanol–water partition coefficient (Wildman–Crippen LogP) is 2.47. The normalized spacial score (nSPS) is 10.9.